The van der Waals surface area contributed by atoms with Crippen molar-refractivity contribution in [1.29, 1.82) is 0 Å². The van der Waals surface area contributed by atoms with Crippen molar-refractivity contribution in [3.63, 3.8) is 0 Å². The van der Waals surface area contributed by atoms with E-state index in [1.54, 1.807) is 7.11 Å². The van der Waals surface area contributed by atoms with Crippen LogP contribution in [0, 0.1) is 0 Å². The summed E-state index contributed by atoms with van der Waals surface area (Å²) in [5.41, 5.74) is 0. The molecule has 0 saturated carbocycles. The van der Waals surface area contributed by atoms with Gasteiger partial charge in [-0.15, -0.1) is 0 Å². The van der Waals surface area contributed by atoms with Crippen molar-refractivity contribution in [2.45, 2.75) is 25.5 Å². The Labute approximate surface area is 68.5 Å². The molecule has 0 radical (unpaired) electrons. The van der Waals surface area contributed by atoms with Gasteiger partial charge in [-0.05, 0) is 19.9 Å². The summed E-state index contributed by atoms with van der Waals surface area (Å²) < 4.78 is 5.13. The SMILES string of the molecule is COC(C)CNC1CCNC1. The van der Waals surface area contributed by atoms with Gasteiger partial charge in [-0.3, -0.25) is 0 Å². The molecule has 1 fully saturated rings. The summed E-state index contributed by atoms with van der Waals surface area (Å²) in [4.78, 5) is 0. The van der Waals surface area contributed by atoms with Gasteiger partial charge in [-0.1, -0.05) is 0 Å². The lowest BCUT2D eigenvalue weighted by atomic mass is 10.2. The Bertz CT molecular complexity index is 102. The van der Waals surface area contributed by atoms with Crippen LogP contribution in [0.4, 0.5) is 0 Å². The molecular weight excluding hydrogens is 140 g/mol. The third-order valence-electron chi connectivity index (χ3n) is 2.16. The van der Waals surface area contributed by atoms with E-state index in [9.17, 15) is 0 Å². The van der Waals surface area contributed by atoms with Gasteiger partial charge in [-0.2, -0.15) is 0 Å². The smallest absolute Gasteiger partial charge is 0.0667 e. The van der Waals surface area contributed by atoms with Crippen LogP contribution in [0.2, 0.25) is 0 Å². The summed E-state index contributed by atoms with van der Waals surface area (Å²) in [5.74, 6) is 0. The lowest BCUT2D eigenvalue weighted by Gasteiger charge is -2.14. The maximum Gasteiger partial charge on any atom is 0.0667 e. The third kappa shape index (κ3) is 3.18. The van der Waals surface area contributed by atoms with Crippen LogP contribution in [0.25, 0.3) is 0 Å². The fraction of sp³-hybridized carbons (Fsp3) is 1.00. The van der Waals surface area contributed by atoms with Crippen molar-refractivity contribution >= 4 is 0 Å². The highest BCUT2D eigenvalue weighted by molar-refractivity contribution is 4.77. The van der Waals surface area contributed by atoms with Gasteiger partial charge in [0.25, 0.3) is 0 Å². The minimum atomic E-state index is 0.329. The van der Waals surface area contributed by atoms with E-state index in [1.165, 1.54) is 6.42 Å². The molecule has 0 aromatic rings. The second-order valence-electron chi connectivity index (χ2n) is 3.14. The van der Waals surface area contributed by atoms with E-state index in [1.807, 2.05) is 0 Å². The van der Waals surface area contributed by atoms with Crippen LogP contribution in [-0.2, 0) is 4.74 Å². The van der Waals surface area contributed by atoms with Gasteiger partial charge >= 0.3 is 0 Å². The largest absolute Gasteiger partial charge is 0.380 e. The van der Waals surface area contributed by atoms with E-state index in [-0.39, 0.29) is 0 Å². The minimum absolute atomic E-state index is 0.329. The zero-order valence-electron chi connectivity index (χ0n) is 7.39. The summed E-state index contributed by atoms with van der Waals surface area (Å²) in [6, 6.07) is 0.660. The maximum absolute atomic E-state index is 5.13. The number of rotatable bonds is 4. The summed E-state index contributed by atoms with van der Waals surface area (Å²) in [6.45, 7) is 5.30. The lowest BCUT2D eigenvalue weighted by Crippen LogP contribution is -2.36. The fourth-order valence-corrected chi connectivity index (χ4v) is 1.24. The average Bonchev–Trinajstić information content (AvgIpc) is 2.52. The van der Waals surface area contributed by atoms with Crippen LogP contribution in [0.3, 0.4) is 0 Å². The van der Waals surface area contributed by atoms with E-state index < -0.39 is 0 Å². The highest BCUT2D eigenvalue weighted by atomic mass is 16.5. The van der Waals surface area contributed by atoms with Crippen molar-refractivity contribution in [1.82, 2.24) is 10.6 Å². The summed E-state index contributed by atoms with van der Waals surface area (Å²) >= 11 is 0. The van der Waals surface area contributed by atoms with Crippen molar-refractivity contribution in [3.8, 4) is 0 Å². The third-order valence-corrected chi connectivity index (χ3v) is 2.16. The highest BCUT2D eigenvalue weighted by Gasteiger charge is 2.13. The predicted molar refractivity (Wildman–Crippen MR) is 45.7 cm³/mol. The Balaban J connectivity index is 2.01. The van der Waals surface area contributed by atoms with E-state index in [2.05, 4.69) is 17.6 Å². The summed E-state index contributed by atoms with van der Waals surface area (Å²) in [6.07, 6.45) is 1.58. The molecule has 1 aliphatic heterocycles. The number of ether oxygens (including phenoxy) is 1. The molecule has 11 heavy (non-hydrogen) atoms. The quantitative estimate of drug-likeness (QED) is 0.603. The van der Waals surface area contributed by atoms with Crippen molar-refractivity contribution in [3.05, 3.63) is 0 Å². The normalized spacial score (nSPS) is 27.3. The molecule has 1 aliphatic rings. The van der Waals surface area contributed by atoms with E-state index >= 15 is 0 Å². The fourth-order valence-electron chi connectivity index (χ4n) is 1.24. The summed E-state index contributed by atoms with van der Waals surface area (Å²) in [5, 5.41) is 6.76. The molecule has 1 saturated heterocycles. The molecule has 0 spiro atoms. The first-order valence-corrected chi connectivity index (χ1v) is 4.30. The van der Waals surface area contributed by atoms with E-state index in [4.69, 9.17) is 4.74 Å². The molecule has 0 aromatic heterocycles. The van der Waals surface area contributed by atoms with Crippen LogP contribution in [0.5, 0.6) is 0 Å². The first kappa shape index (κ1) is 8.97. The second kappa shape index (κ2) is 4.70. The van der Waals surface area contributed by atoms with Gasteiger partial charge in [0.05, 0.1) is 6.10 Å². The number of nitrogens with one attached hydrogen (secondary N) is 2. The minimum Gasteiger partial charge on any atom is -0.380 e. The van der Waals surface area contributed by atoms with Crippen LogP contribution in [0.15, 0.2) is 0 Å². The van der Waals surface area contributed by atoms with Crippen molar-refractivity contribution in [2.24, 2.45) is 0 Å². The Morgan fingerprint density at radius 2 is 2.55 bits per heavy atom. The van der Waals surface area contributed by atoms with Crippen molar-refractivity contribution < 1.29 is 4.74 Å². The van der Waals surface area contributed by atoms with Crippen LogP contribution in [-0.4, -0.2) is 38.9 Å². The molecular formula is C8H18N2O. The maximum atomic E-state index is 5.13. The molecule has 66 valence electrons. The monoisotopic (exact) mass is 158 g/mol. The standard InChI is InChI=1S/C8H18N2O/c1-7(11-2)5-10-8-3-4-9-6-8/h7-10H,3-6H2,1-2H3. The molecule has 3 nitrogen and oxygen atoms in total. The molecule has 0 aromatic carbocycles. The molecule has 0 amide bonds. The van der Waals surface area contributed by atoms with Crippen molar-refractivity contribution in [2.75, 3.05) is 26.7 Å². The predicted octanol–water partition coefficient (Wildman–Crippen LogP) is -0.0272. The molecule has 2 unspecified atom stereocenters. The Morgan fingerprint density at radius 1 is 1.73 bits per heavy atom. The second-order valence-corrected chi connectivity index (χ2v) is 3.14. The average molecular weight is 158 g/mol. The lowest BCUT2D eigenvalue weighted by molar-refractivity contribution is 0.115. The molecule has 2 N–H and O–H groups in total. The molecule has 2 atom stereocenters. The van der Waals surface area contributed by atoms with Crippen LogP contribution >= 0.6 is 0 Å². The Morgan fingerprint density at radius 3 is 3.09 bits per heavy atom. The zero-order valence-corrected chi connectivity index (χ0v) is 7.39. The number of methoxy groups -OCH3 is 1. The summed E-state index contributed by atoms with van der Waals surface area (Å²) in [7, 11) is 1.75. The topological polar surface area (TPSA) is 33.3 Å². The Kier molecular flexibility index (Phi) is 3.83. The Hall–Kier alpha value is -0.120. The van der Waals surface area contributed by atoms with Crippen LogP contribution in [0.1, 0.15) is 13.3 Å². The first-order valence-electron chi connectivity index (χ1n) is 4.30. The number of hydrogen-bond acceptors (Lipinski definition) is 3. The van der Waals surface area contributed by atoms with Crippen LogP contribution < -0.4 is 10.6 Å². The van der Waals surface area contributed by atoms with Gasteiger partial charge in [0.1, 0.15) is 0 Å². The molecule has 1 rings (SSSR count). The van der Waals surface area contributed by atoms with E-state index in [0.717, 1.165) is 19.6 Å². The first-order chi connectivity index (χ1) is 5.33. The van der Waals surface area contributed by atoms with Gasteiger partial charge in [0, 0.05) is 26.2 Å². The molecule has 0 aliphatic carbocycles. The van der Waals surface area contributed by atoms with E-state index in [0.29, 0.717) is 12.1 Å². The van der Waals surface area contributed by atoms with Gasteiger partial charge < -0.3 is 15.4 Å². The zero-order chi connectivity index (χ0) is 8.10. The molecule has 0 bridgehead atoms. The van der Waals surface area contributed by atoms with Gasteiger partial charge in [0.2, 0.25) is 0 Å². The number of hydrogen-bond donors (Lipinski definition) is 2. The van der Waals surface area contributed by atoms with Gasteiger partial charge in [0.15, 0.2) is 0 Å². The molecule has 3 heteroatoms. The molecule has 1 heterocycles. The van der Waals surface area contributed by atoms with Gasteiger partial charge in [-0.25, -0.2) is 0 Å². The highest BCUT2D eigenvalue weighted by Crippen LogP contribution is 1.97.